The van der Waals surface area contributed by atoms with Crippen LogP contribution in [0.1, 0.15) is 56.4 Å². The Hall–Kier alpha value is -3.96. The highest BCUT2D eigenvalue weighted by Gasteiger charge is 2.46. The van der Waals surface area contributed by atoms with E-state index in [1.165, 1.54) is 12.1 Å². The number of halogens is 4. The Kier molecular flexibility index (Phi) is 16.2. The maximum atomic E-state index is 13.1. The standard InChI is InChI=1S/C43H49ClF3N2O8P/c1-29(2)49(30(3)4)58(55-22-10-21-48)57-41-39(52-26-31-23-35(44)25-38(24-31)56-43(45,46)47)27-53-40(41)28-54-42(32-11-8-7-9-12-32,33-13-17-36(50-5)18-14-33)34-15-19-37(51-6)20-16-34/h7-9,11-20,23-25,29-30,39-41H,10,22,26-28H2,1-6H3/t39-,40+,41-,58?/m0/s1. The first-order chi connectivity index (χ1) is 27.8. The predicted octanol–water partition coefficient (Wildman–Crippen LogP) is 10.2. The van der Waals surface area contributed by atoms with Crippen molar-refractivity contribution in [2.45, 2.75) is 83.1 Å². The van der Waals surface area contributed by atoms with Gasteiger partial charge in [0.15, 0.2) is 0 Å². The summed E-state index contributed by atoms with van der Waals surface area (Å²) in [7, 11) is 1.43. The molecule has 4 aromatic carbocycles. The summed E-state index contributed by atoms with van der Waals surface area (Å²) in [6, 6.07) is 31.1. The fourth-order valence-corrected chi connectivity index (χ4v) is 8.88. The van der Waals surface area contributed by atoms with E-state index >= 15 is 0 Å². The van der Waals surface area contributed by atoms with E-state index in [0.29, 0.717) is 17.1 Å². The van der Waals surface area contributed by atoms with E-state index in [4.69, 9.17) is 44.3 Å². The number of alkyl halides is 3. The summed E-state index contributed by atoms with van der Waals surface area (Å²) >= 11 is 6.19. The largest absolute Gasteiger partial charge is 0.573 e. The summed E-state index contributed by atoms with van der Waals surface area (Å²) in [5.41, 5.74) is 1.67. The third kappa shape index (κ3) is 11.6. The molecule has 0 bridgehead atoms. The number of hydrogen-bond acceptors (Lipinski definition) is 10. The highest BCUT2D eigenvalue weighted by Crippen LogP contribution is 2.50. The molecular weight excluding hydrogens is 796 g/mol. The molecule has 1 heterocycles. The lowest BCUT2D eigenvalue weighted by atomic mass is 9.80. The average molecular weight is 845 g/mol. The van der Waals surface area contributed by atoms with Crippen molar-refractivity contribution in [1.82, 2.24) is 4.67 Å². The second-order valence-corrected chi connectivity index (χ2v) is 15.8. The summed E-state index contributed by atoms with van der Waals surface area (Å²) in [6.07, 6.45) is -6.99. The number of nitrogens with zero attached hydrogens (tertiary/aromatic N) is 2. The maximum Gasteiger partial charge on any atom is 0.573 e. The van der Waals surface area contributed by atoms with Gasteiger partial charge in [0.1, 0.15) is 41.2 Å². The van der Waals surface area contributed by atoms with Gasteiger partial charge in [0, 0.05) is 17.1 Å². The molecule has 10 nitrogen and oxygen atoms in total. The number of ether oxygens (including phenoxy) is 6. The fraction of sp³-hybridized carbons (Fsp3) is 0.419. The molecule has 312 valence electrons. The summed E-state index contributed by atoms with van der Waals surface area (Å²) < 4.78 is 89.8. The molecule has 0 saturated carbocycles. The minimum Gasteiger partial charge on any atom is -0.497 e. The van der Waals surface area contributed by atoms with E-state index < -0.39 is 44.6 Å². The van der Waals surface area contributed by atoms with Gasteiger partial charge in [-0.3, -0.25) is 0 Å². The fourth-order valence-electron chi connectivity index (χ4n) is 6.85. The summed E-state index contributed by atoms with van der Waals surface area (Å²) in [5.74, 6) is 0.887. The van der Waals surface area contributed by atoms with Crippen molar-refractivity contribution in [3.63, 3.8) is 0 Å². The van der Waals surface area contributed by atoms with Gasteiger partial charge < -0.3 is 37.5 Å². The van der Waals surface area contributed by atoms with E-state index in [1.807, 2.05) is 107 Å². The molecule has 1 fully saturated rings. The maximum absolute atomic E-state index is 13.1. The quantitative estimate of drug-likeness (QED) is 0.0486. The van der Waals surface area contributed by atoms with Gasteiger partial charge in [-0.1, -0.05) is 66.2 Å². The van der Waals surface area contributed by atoms with Gasteiger partial charge in [-0.15, -0.1) is 13.2 Å². The third-order valence-electron chi connectivity index (χ3n) is 9.35. The van der Waals surface area contributed by atoms with E-state index in [1.54, 1.807) is 14.2 Å². The van der Waals surface area contributed by atoms with Crippen molar-refractivity contribution in [1.29, 1.82) is 5.26 Å². The van der Waals surface area contributed by atoms with Gasteiger partial charge in [-0.25, -0.2) is 4.67 Å². The molecule has 0 spiro atoms. The van der Waals surface area contributed by atoms with Crippen LogP contribution in [-0.2, 0) is 35.5 Å². The van der Waals surface area contributed by atoms with Gasteiger partial charge in [-0.2, -0.15) is 5.26 Å². The molecule has 4 atom stereocenters. The minimum absolute atomic E-state index is 0.000949. The predicted molar refractivity (Wildman–Crippen MR) is 215 cm³/mol. The number of hydrogen-bond donors (Lipinski definition) is 0. The smallest absolute Gasteiger partial charge is 0.497 e. The lowest BCUT2D eigenvalue weighted by Crippen LogP contribution is -2.42. The molecule has 15 heteroatoms. The molecule has 0 N–H and O–H groups in total. The lowest BCUT2D eigenvalue weighted by molar-refractivity contribution is -0.274. The van der Waals surface area contributed by atoms with Crippen LogP contribution in [0.2, 0.25) is 5.02 Å². The Morgan fingerprint density at radius 3 is 1.97 bits per heavy atom. The van der Waals surface area contributed by atoms with Crippen LogP contribution in [0.5, 0.6) is 17.2 Å². The van der Waals surface area contributed by atoms with E-state index in [2.05, 4.69) is 15.5 Å². The van der Waals surface area contributed by atoms with Crippen molar-refractivity contribution >= 4 is 20.1 Å². The van der Waals surface area contributed by atoms with Gasteiger partial charge >= 0.3 is 6.36 Å². The molecule has 4 aromatic rings. The Balaban J connectivity index is 1.54. The van der Waals surface area contributed by atoms with Crippen LogP contribution >= 0.6 is 20.1 Å². The number of benzene rings is 4. The monoisotopic (exact) mass is 844 g/mol. The van der Waals surface area contributed by atoms with E-state index in [-0.39, 0.29) is 50.0 Å². The van der Waals surface area contributed by atoms with E-state index in [0.717, 1.165) is 22.8 Å². The molecule has 5 rings (SSSR count). The van der Waals surface area contributed by atoms with Crippen molar-refractivity contribution < 1.29 is 50.6 Å². The zero-order valence-corrected chi connectivity index (χ0v) is 34.9. The summed E-state index contributed by atoms with van der Waals surface area (Å²) in [6.45, 7) is 8.20. The van der Waals surface area contributed by atoms with Crippen LogP contribution in [-0.4, -0.2) is 75.5 Å². The summed E-state index contributed by atoms with van der Waals surface area (Å²) in [5, 5.41) is 9.39. The Bertz CT molecular complexity index is 1860. The van der Waals surface area contributed by atoms with Crippen molar-refractivity contribution in [2.24, 2.45) is 0 Å². The zero-order valence-electron chi connectivity index (χ0n) is 33.3. The molecule has 1 saturated heterocycles. The van der Waals surface area contributed by atoms with E-state index in [9.17, 15) is 18.4 Å². The van der Waals surface area contributed by atoms with Crippen molar-refractivity contribution in [2.75, 3.05) is 34.0 Å². The number of nitriles is 1. The molecule has 0 aromatic heterocycles. The molecule has 0 aliphatic carbocycles. The van der Waals surface area contributed by atoms with Gasteiger partial charge in [0.05, 0.1) is 53.1 Å². The number of rotatable bonds is 20. The number of methoxy groups -OCH3 is 2. The van der Waals surface area contributed by atoms with Crippen LogP contribution in [0.15, 0.2) is 97.1 Å². The van der Waals surface area contributed by atoms with Crippen LogP contribution in [0, 0.1) is 11.3 Å². The Labute approximate surface area is 344 Å². The van der Waals surface area contributed by atoms with Crippen LogP contribution in [0.4, 0.5) is 13.2 Å². The van der Waals surface area contributed by atoms with Crippen LogP contribution in [0.25, 0.3) is 0 Å². The van der Waals surface area contributed by atoms with Gasteiger partial charge in [0.25, 0.3) is 8.53 Å². The molecular formula is C43H49ClF3N2O8P. The molecule has 1 aliphatic heterocycles. The zero-order chi connectivity index (χ0) is 41.9. The third-order valence-corrected chi connectivity index (χ3v) is 11.7. The van der Waals surface area contributed by atoms with Gasteiger partial charge in [-0.05, 0) is 92.4 Å². The molecule has 58 heavy (non-hydrogen) atoms. The lowest BCUT2D eigenvalue weighted by Gasteiger charge is -2.39. The van der Waals surface area contributed by atoms with Crippen molar-refractivity contribution in [3.8, 4) is 23.3 Å². The summed E-state index contributed by atoms with van der Waals surface area (Å²) in [4.78, 5) is 0. The molecule has 1 aliphatic rings. The second-order valence-electron chi connectivity index (χ2n) is 14.0. The topological polar surface area (TPSA) is 101 Å². The van der Waals surface area contributed by atoms with Crippen LogP contribution < -0.4 is 14.2 Å². The molecule has 1 unspecified atom stereocenters. The SMILES string of the molecule is COc1ccc(C(OC[C@H]2OC[C@H](OCc3cc(Cl)cc(OC(F)(F)F)c3)[C@@H]2OP(OCCC#N)N(C(C)C)C(C)C)(c2ccccc2)c2ccc(OC)cc2)cc1. The van der Waals surface area contributed by atoms with Crippen molar-refractivity contribution in [3.05, 3.63) is 124 Å². The van der Waals surface area contributed by atoms with Crippen LogP contribution in [0.3, 0.4) is 0 Å². The highest BCUT2D eigenvalue weighted by molar-refractivity contribution is 7.44. The molecule has 0 amide bonds. The molecule has 0 radical (unpaired) electrons. The first kappa shape index (κ1) is 45.1. The average Bonchev–Trinajstić information content (AvgIpc) is 3.57. The Morgan fingerprint density at radius 2 is 1.43 bits per heavy atom. The minimum atomic E-state index is -4.90. The highest BCUT2D eigenvalue weighted by atomic mass is 35.5. The normalized spacial score (nSPS) is 17.8. The first-order valence-corrected chi connectivity index (χ1v) is 20.3. The Morgan fingerprint density at radius 1 is 0.845 bits per heavy atom. The second kappa shape index (κ2) is 20.8. The van der Waals surface area contributed by atoms with Gasteiger partial charge in [0.2, 0.25) is 0 Å². The first-order valence-electron chi connectivity index (χ1n) is 18.8.